The molecule has 0 nitrogen and oxygen atoms in total. The fourth-order valence-electron chi connectivity index (χ4n) is 1.73. The van der Waals surface area contributed by atoms with Crippen molar-refractivity contribution in [3.63, 3.8) is 0 Å². The Balaban J connectivity index is 3.40. The first-order valence-electron chi connectivity index (χ1n) is 5.70. The Bertz CT molecular complexity index is 110. The molecule has 0 aromatic rings. The van der Waals surface area contributed by atoms with Gasteiger partial charge in [0.25, 0.3) is 0 Å². The lowest BCUT2D eigenvalue weighted by Crippen LogP contribution is -2.06. The highest BCUT2D eigenvalue weighted by Crippen LogP contribution is 2.20. The molecule has 0 heterocycles. The van der Waals surface area contributed by atoms with Crippen molar-refractivity contribution < 1.29 is 0 Å². The molecule has 0 aromatic heterocycles. The summed E-state index contributed by atoms with van der Waals surface area (Å²) in [5, 5.41) is 0.402. The van der Waals surface area contributed by atoms with E-state index in [-0.39, 0.29) is 0 Å². The molecule has 0 spiro atoms. The SMILES string of the molecule is CCCC(C)CCC(Cl)CC(C)C. The molecular formula is C12H25Cl. The fourth-order valence-corrected chi connectivity index (χ4v) is 2.21. The largest absolute Gasteiger partial charge is 0.123 e. The van der Waals surface area contributed by atoms with Gasteiger partial charge in [-0.2, -0.15) is 0 Å². The minimum atomic E-state index is 0.402. The molecule has 1 heteroatoms. The van der Waals surface area contributed by atoms with Crippen LogP contribution < -0.4 is 0 Å². The van der Waals surface area contributed by atoms with Crippen LogP contribution in [0.15, 0.2) is 0 Å². The maximum absolute atomic E-state index is 6.22. The van der Waals surface area contributed by atoms with Crippen molar-refractivity contribution in [3.8, 4) is 0 Å². The number of halogens is 1. The van der Waals surface area contributed by atoms with Gasteiger partial charge in [-0.1, -0.05) is 40.5 Å². The van der Waals surface area contributed by atoms with E-state index < -0.39 is 0 Å². The van der Waals surface area contributed by atoms with Gasteiger partial charge in [0.2, 0.25) is 0 Å². The van der Waals surface area contributed by atoms with Crippen LogP contribution in [0.1, 0.15) is 59.8 Å². The predicted molar refractivity (Wildman–Crippen MR) is 62.4 cm³/mol. The summed E-state index contributed by atoms with van der Waals surface area (Å²) in [4.78, 5) is 0. The van der Waals surface area contributed by atoms with Crippen LogP contribution in [0.5, 0.6) is 0 Å². The van der Waals surface area contributed by atoms with Crippen molar-refractivity contribution in [2.24, 2.45) is 11.8 Å². The Kier molecular flexibility index (Phi) is 7.84. The lowest BCUT2D eigenvalue weighted by molar-refractivity contribution is 0.442. The van der Waals surface area contributed by atoms with Crippen LogP contribution in [0.2, 0.25) is 0 Å². The molecule has 0 amide bonds. The number of rotatable bonds is 7. The first kappa shape index (κ1) is 13.3. The molecule has 0 aliphatic heterocycles. The molecule has 0 bridgehead atoms. The molecule has 2 atom stereocenters. The minimum Gasteiger partial charge on any atom is -0.123 e. The zero-order valence-corrected chi connectivity index (χ0v) is 10.4. The Morgan fingerprint density at radius 2 is 1.62 bits per heavy atom. The van der Waals surface area contributed by atoms with Gasteiger partial charge in [0.05, 0.1) is 0 Å². The smallest absolute Gasteiger partial charge is 0.0338 e. The normalized spacial score (nSPS) is 16.2. The highest BCUT2D eigenvalue weighted by molar-refractivity contribution is 6.20. The Morgan fingerprint density at radius 3 is 2.08 bits per heavy atom. The third-order valence-corrected chi connectivity index (χ3v) is 2.88. The molecule has 0 aliphatic rings. The van der Waals surface area contributed by atoms with Crippen LogP contribution in [-0.2, 0) is 0 Å². The molecule has 0 radical (unpaired) electrons. The standard InChI is InChI=1S/C12H25Cl/c1-5-6-11(4)7-8-12(13)9-10(2)3/h10-12H,5-9H2,1-4H3. The number of alkyl halides is 1. The second-order valence-corrected chi connectivity index (χ2v) is 5.32. The molecule has 0 saturated heterocycles. The van der Waals surface area contributed by atoms with Crippen LogP contribution in [-0.4, -0.2) is 5.38 Å². The molecule has 0 rings (SSSR count). The molecule has 80 valence electrons. The van der Waals surface area contributed by atoms with Crippen molar-refractivity contribution in [2.45, 2.75) is 65.2 Å². The fraction of sp³-hybridized carbons (Fsp3) is 1.00. The highest BCUT2D eigenvalue weighted by atomic mass is 35.5. The average Bonchev–Trinajstić information content (AvgIpc) is 2.00. The van der Waals surface area contributed by atoms with E-state index >= 15 is 0 Å². The zero-order valence-electron chi connectivity index (χ0n) is 9.65. The summed E-state index contributed by atoms with van der Waals surface area (Å²) in [6.07, 6.45) is 6.32. The van der Waals surface area contributed by atoms with E-state index in [1.165, 1.54) is 32.1 Å². The molecular weight excluding hydrogens is 180 g/mol. The monoisotopic (exact) mass is 204 g/mol. The summed E-state index contributed by atoms with van der Waals surface area (Å²) >= 11 is 6.22. The van der Waals surface area contributed by atoms with Gasteiger partial charge >= 0.3 is 0 Å². The van der Waals surface area contributed by atoms with Gasteiger partial charge in [0, 0.05) is 5.38 Å². The summed E-state index contributed by atoms with van der Waals surface area (Å²) in [6, 6.07) is 0. The van der Waals surface area contributed by atoms with Gasteiger partial charge in [0.1, 0.15) is 0 Å². The highest BCUT2D eigenvalue weighted by Gasteiger charge is 2.09. The third kappa shape index (κ3) is 8.62. The van der Waals surface area contributed by atoms with E-state index in [4.69, 9.17) is 11.6 Å². The Morgan fingerprint density at radius 1 is 1.00 bits per heavy atom. The summed E-state index contributed by atoms with van der Waals surface area (Å²) in [5.74, 6) is 1.60. The topological polar surface area (TPSA) is 0 Å². The van der Waals surface area contributed by atoms with Crippen LogP contribution in [0.3, 0.4) is 0 Å². The zero-order chi connectivity index (χ0) is 10.3. The first-order chi connectivity index (χ1) is 6.06. The van der Waals surface area contributed by atoms with E-state index in [0.717, 1.165) is 11.8 Å². The summed E-state index contributed by atoms with van der Waals surface area (Å²) < 4.78 is 0. The third-order valence-electron chi connectivity index (χ3n) is 2.48. The molecule has 0 aliphatic carbocycles. The second kappa shape index (κ2) is 7.67. The van der Waals surface area contributed by atoms with Gasteiger partial charge in [-0.05, 0) is 31.1 Å². The van der Waals surface area contributed by atoms with Crippen molar-refractivity contribution >= 4 is 11.6 Å². The molecule has 13 heavy (non-hydrogen) atoms. The van der Waals surface area contributed by atoms with E-state index in [1.54, 1.807) is 0 Å². The minimum absolute atomic E-state index is 0.402. The predicted octanol–water partition coefficient (Wildman–Crippen LogP) is 4.86. The summed E-state index contributed by atoms with van der Waals surface area (Å²) in [6.45, 7) is 9.07. The summed E-state index contributed by atoms with van der Waals surface area (Å²) in [5.41, 5.74) is 0. The van der Waals surface area contributed by atoms with E-state index in [2.05, 4.69) is 27.7 Å². The maximum atomic E-state index is 6.22. The van der Waals surface area contributed by atoms with Gasteiger partial charge < -0.3 is 0 Å². The van der Waals surface area contributed by atoms with Crippen molar-refractivity contribution in [3.05, 3.63) is 0 Å². The Labute approximate surface area is 89.1 Å². The molecule has 2 unspecified atom stereocenters. The van der Waals surface area contributed by atoms with Crippen molar-refractivity contribution in [1.29, 1.82) is 0 Å². The van der Waals surface area contributed by atoms with E-state index in [0.29, 0.717) is 5.38 Å². The molecule has 0 N–H and O–H groups in total. The molecule has 0 fully saturated rings. The van der Waals surface area contributed by atoms with Crippen LogP contribution in [0.4, 0.5) is 0 Å². The van der Waals surface area contributed by atoms with E-state index in [1.807, 2.05) is 0 Å². The Hall–Kier alpha value is 0.290. The molecule has 0 aromatic carbocycles. The number of hydrogen-bond donors (Lipinski definition) is 0. The van der Waals surface area contributed by atoms with E-state index in [9.17, 15) is 0 Å². The maximum Gasteiger partial charge on any atom is 0.0338 e. The van der Waals surface area contributed by atoms with Gasteiger partial charge in [-0.15, -0.1) is 11.6 Å². The van der Waals surface area contributed by atoms with Crippen LogP contribution in [0, 0.1) is 11.8 Å². The van der Waals surface area contributed by atoms with Gasteiger partial charge in [0.15, 0.2) is 0 Å². The van der Waals surface area contributed by atoms with Crippen molar-refractivity contribution in [2.75, 3.05) is 0 Å². The van der Waals surface area contributed by atoms with Crippen LogP contribution in [0.25, 0.3) is 0 Å². The molecule has 0 saturated carbocycles. The van der Waals surface area contributed by atoms with Gasteiger partial charge in [-0.25, -0.2) is 0 Å². The lowest BCUT2D eigenvalue weighted by Gasteiger charge is -2.14. The average molecular weight is 205 g/mol. The summed E-state index contributed by atoms with van der Waals surface area (Å²) in [7, 11) is 0. The first-order valence-corrected chi connectivity index (χ1v) is 6.14. The quantitative estimate of drug-likeness (QED) is 0.520. The van der Waals surface area contributed by atoms with Gasteiger partial charge in [-0.3, -0.25) is 0 Å². The van der Waals surface area contributed by atoms with Crippen molar-refractivity contribution in [1.82, 2.24) is 0 Å². The number of hydrogen-bond acceptors (Lipinski definition) is 0. The second-order valence-electron chi connectivity index (χ2n) is 4.70. The lowest BCUT2D eigenvalue weighted by atomic mass is 9.96. The van der Waals surface area contributed by atoms with Crippen LogP contribution >= 0.6 is 11.6 Å².